The fraction of sp³-hybridized carbons (Fsp3) is 0.485. The summed E-state index contributed by atoms with van der Waals surface area (Å²) in [5, 5.41) is 21.1. The lowest BCUT2D eigenvalue weighted by Gasteiger charge is -2.56. The first kappa shape index (κ1) is 27.5. The van der Waals surface area contributed by atoms with Gasteiger partial charge in [-0.2, -0.15) is 0 Å². The second kappa shape index (κ2) is 8.44. The molecule has 41 heavy (non-hydrogen) atoms. The molecule has 0 amide bonds. The molecular weight excluding hydrogens is 524 g/mol. The number of ether oxygens (including phenoxy) is 3. The summed E-state index contributed by atoms with van der Waals surface area (Å²) in [6.45, 7) is 13.0. The molecule has 1 aromatic carbocycles. The van der Waals surface area contributed by atoms with Gasteiger partial charge in [-0.3, -0.25) is 9.59 Å². The molecule has 4 bridgehead atoms. The molecule has 0 unspecified atom stereocenters. The number of carbonyl (C=O) groups excluding carboxylic acids is 2. The van der Waals surface area contributed by atoms with Crippen LogP contribution >= 0.6 is 0 Å². The number of carboxylic acid groups (broad SMARTS) is 1. The molecule has 2 N–H and O–H groups in total. The topological polar surface area (TPSA) is 119 Å². The monoisotopic (exact) mass is 560 g/mol. The molecule has 3 aliphatic carbocycles. The molecule has 216 valence electrons. The first-order valence-electron chi connectivity index (χ1n) is 14.1. The Morgan fingerprint density at radius 1 is 1.07 bits per heavy atom. The highest BCUT2D eigenvalue weighted by Crippen LogP contribution is 2.68. The number of hydrogen-bond donors (Lipinski definition) is 2. The summed E-state index contributed by atoms with van der Waals surface area (Å²) in [7, 11) is 0. The Bertz CT molecular complexity index is 1560. The van der Waals surface area contributed by atoms with Gasteiger partial charge in [-0.25, -0.2) is 4.79 Å². The minimum atomic E-state index is -1.61. The van der Waals surface area contributed by atoms with E-state index in [9.17, 15) is 24.6 Å². The van der Waals surface area contributed by atoms with Crippen molar-refractivity contribution in [2.45, 2.75) is 90.1 Å². The first-order chi connectivity index (χ1) is 19.1. The molecule has 2 fully saturated rings. The van der Waals surface area contributed by atoms with Crippen LogP contribution in [0.3, 0.4) is 0 Å². The van der Waals surface area contributed by atoms with Crippen LogP contribution in [0, 0.1) is 11.8 Å². The number of benzene rings is 1. The van der Waals surface area contributed by atoms with Crippen LogP contribution in [-0.2, 0) is 20.7 Å². The van der Waals surface area contributed by atoms with Crippen LogP contribution in [0.4, 0.5) is 0 Å². The summed E-state index contributed by atoms with van der Waals surface area (Å²) in [6, 6.07) is 0. The van der Waals surface area contributed by atoms with E-state index < -0.39 is 40.1 Å². The summed E-state index contributed by atoms with van der Waals surface area (Å²) in [5.41, 5.74) is -2.14. The molecule has 1 spiro atoms. The van der Waals surface area contributed by atoms with E-state index in [1.165, 1.54) is 13.0 Å². The van der Waals surface area contributed by atoms with E-state index in [2.05, 4.69) is 0 Å². The second-order valence-electron chi connectivity index (χ2n) is 13.2. The van der Waals surface area contributed by atoms with E-state index in [0.717, 1.165) is 5.57 Å². The van der Waals surface area contributed by atoms with Crippen molar-refractivity contribution in [2.24, 2.45) is 11.8 Å². The quantitative estimate of drug-likeness (QED) is 0.357. The Kier molecular flexibility index (Phi) is 5.67. The van der Waals surface area contributed by atoms with Gasteiger partial charge in [-0.15, -0.1) is 0 Å². The zero-order chi connectivity index (χ0) is 29.9. The van der Waals surface area contributed by atoms with Crippen LogP contribution in [0.25, 0.3) is 6.08 Å². The van der Waals surface area contributed by atoms with Gasteiger partial charge in [0.2, 0.25) is 0 Å². The van der Waals surface area contributed by atoms with Crippen molar-refractivity contribution in [1.29, 1.82) is 0 Å². The highest BCUT2D eigenvalue weighted by atomic mass is 16.6. The molecule has 0 aromatic heterocycles. The highest BCUT2D eigenvalue weighted by Gasteiger charge is 2.81. The Morgan fingerprint density at radius 2 is 1.78 bits per heavy atom. The molecule has 4 atom stereocenters. The van der Waals surface area contributed by atoms with Gasteiger partial charge >= 0.3 is 5.97 Å². The van der Waals surface area contributed by atoms with Gasteiger partial charge in [-0.05, 0) is 73.5 Å². The van der Waals surface area contributed by atoms with Crippen LogP contribution in [0.15, 0.2) is 41.0 Å². The van der Waals surface area contributed by atoms with Crippen LogP contribution in [0.2, 0.25) is 0 Å². The van der Waals surface area contributed by atoms with Gasteiger partial charge in [0, 0.05) is 35.0 Å². The van der Waals surface area contributed by atoms with Gasteiger partial charge < -0.3 is 24.4 Å². The third-order valence-electron chi connectivity index (χ3n) is 9.37. The van der Waals surface area contributed by atoms with Gasteiger partial charge in [0.25, 0.3) is 0 Å². The van der Waals surface area contributed by atoms with Crippen molar-refractivity contribution in [2.75, 3.05) is 0 Å². The van der Waals surface area contributed by atoms with Crippen molar-refractivity contribution < 1.29 is 38.8 Å². The zero-order valence-corrected chi connectivity index (χ0v) is 24.5. The maximum Gasteiger partial charge on any atom is 0.330 e. The molecule has 0 radical (unpaired) electrons. The highest BCUT2D eigenvalue weighted by molar-refractivity contribution is 6.19. The van der Waals surface area contributed by atoms with Crippen molar-refractivity contribution in [3.63, 3.8) is 0 Å². The fourth-order valence-corrected chi connectivity index (χ4v) is 7.44. The second-order valence-corrected chi connectivity index (χ2v) is 13.2. The Balaban J connectivity index is 1.66. The number of fused-ring (bicyclic) bond motifs is 2. The van der Waals surface area contributed by atoms with Gasteiger partial charge in [-0.1, -0.05) is 23.8 Å². The lowest BCUT2D eigenvalue weighted by atomic mass is 9.51. The number of rotatable bonds is 5. The minimum Gasteiger partial charge on any atom is -0.506 e. The van der Waals surface area contributed by atoms with Gasteiger partial charge in [0.1, 0.15) is 28.4 Å². The number of carbonyl (C=O) groups is 3. The smallest absolute Gasteiger partial charge is 0.330 e. The molecule has 8 heteroatoms. The van der Waals surface area contributed by atoms with E-state index in [1.807, 2.05) is 53.7 Å². The van der Waals surface area contributed by atoms with Crippen LogP contribution in [0.1, 0.15) is 82.8 Å². The number of aromatic hydroxyl groups is 1. The van der Waals surface area contributed by atoms with E-state index >= 15 is 0 Å². The molecule has 7 rings (SSSR count). The molecule has 6 aliphatic rings. The molecule has 1 aromatic rings. The van der Waals surface area contributed by atoms with E-state index in [0.29, 0.717) is 35.3 Å². The van der Waals surface area contributed by atoms with E-state index in [1.54, 1.807) is 12.2 Å². The van der Waals surface area contributed by atoms with Crippen LogP contribution in [-0.4, -0.2) is 50.2 Å². The number of hydrogen-bond acceptors (Lipinski definition) is 7. The molecule has 1 saturated carbocycles. The third-order valence-corrected chi connectivity index (χ3v) is 9.37. The van der Waals surface area contributed by atoms with Crippen LogP contribution < -0.4 is 9.47 Å². The SMILES string of the molecule is CC(C)=CCc1c2c(c(O)c3c1O[C@]14C(=C[C@H]5C[C@@H]1C(C)(C)O[C@@]4(C/C=C(/C)C(=O)O)C5=O)C3=O)C=CC(C)(C)O2. The number of Topliss-reactive ketones (excluding diaryl/α,β-unsaturated/α-hetero) is 2. The van der Waals surface area contributed by atoms with Crippen molar-refractivity contribution >= 4 is 23.6 Å². The average Bonchev–Trinajstić information content (AvgIpc) is 3.03. The number of phenolic OH excluding ortho intramolecular Hbond substituents is 1. The summed E-state index contributed by atoms with van der Waals surface area (Å²) < 4.78 is 20.1. The largest absolute Gasteiger partial charge is 0.506 e. The first-order valence-corrected chi connectivity index (χ1v) is 14.1. The number of phenols is 1. The van der Waals surface area contributed by atoms with Crippen molar-refractivity contribution in [3.8, 4) is 17.2 Å². The maximum absolute atomic E-state index is 14.5. The van der Waals surface area contributed by atoms with Crippen molar-refractivity contribution in [3.05, 3.63) is 57.7 Å². The van der Waals surface area contributed by atoms with E-state index in [4.69, 9.17) is 14.2 Å². The van der Waals surface area contributed by atoms with Gasteiger partial charge in [0.15, 0.2) is 22.8 Å². The standard InChI is InChI=1S/C33H36O8/c1-16(2)8-9-20-26-19(11-12-30(4,5)39-26)24(34)23-25(35)21-14-18-15-22-31(6,7)41-32(28(18)36,13-10-17(3)29(37)38)33(21,22)40-27(20)23/h8,10-12,14,18,22,34H,9,13,15H2,1-7H3,(H,37,38)/b17-10-/t18-,22+,32-,33+/m0/s1. The van der Waals surface area contributed by atoms with Crippen molar-refractivity contribution in [1.82, 2.24) is 0 Å². The summed E-state index contributed by atoms with van der Waals surface area (Å²) in [5.74, 6) is -2.29. The number of ketones is 2. The lowest BCUT2D eigenvalue weighted by Crippen LogP contribution is -2.72. The summed E-state index contributed by atoms with van der Waals surface area (Å²) in [4.78, 5) is 40.4. The number of carboxylic acids is 1. The molecule has 1 saturated heterocycles. The zero-order valence-electron chi connectivity index (χ0n) is 24.5. The molecule has 3 aliphatic heterocycles. The van der Waals surface area contributed by atoms with Gasteiger partial charge in [0.05, 0.1) is 11.2 Å². The normalized spacial score (nSPS) is 31.4. The summed E-state index contributed by atoms with van der Waals surface area (Å²) in [6.07, 6.45) is 9.54. The number of aliphatic carboxylic acids is 1. The maximum atomic E-state index is 14.5. The Morgan fingerprint density at radius 3 is 2.44 bits per heavy atom. The minimum absolute atomic E-state index is 0.0513. The van der Waals surface area contributed by atoms with E-state index in [-0.39, 0.29) is 40.8 Å². The van der Waals surface area contributed by atoms with Crippen LogP contribution in [0.5, 0.6) is 17.2 Å². The molecule has 3 heterocycles. The Labute approximate surface area is 239 Å². The fourth-order valence-electron chi connectivity index (χ4n) is 7.44. The summed E-state index contributed by atoms with van der Waals surface area (Å²) >= 11 is 0. The predicted octanol–water partition coefficient (Wildman–Crippen LogP) is 5.51. The predicted molar refractivity (Wildman–Crippen MR) is 151 cm³/mol. The third kappa shape index (κ3) is 3.52. The average molecular weight is 561 g/mol. The number of allylic oxidation sites excluding steroid dienone is 3. The molecular formula is C33H36O8. The lowest BCUT2D eigenvalue weighted by molar-refractivity contribution is -0.171. The molecule has 8 nitrogen and oxygen atoms in total. The Hall–Kier alpha value is -3.65.